The Balaban J connectivity index is 3.38. The Morgan fingerprint density at radius 1 is 1.47 bits per heavy atom. The topological polar surface area (TPSA) is 72.3 Å². The van der Waals surface area contributed by atoms with Gasteiger partial charge in [-0.2, -0.15) is 0 Å². The largest absolute Gasteiger partial charge is 0.397 e. The van der Waals surface area contributed by atoms with E-state index >= 15 is 0 Å². The van der Waals surface area contributed by atoms with Crippen LogP contribution in [0.1, 0.15) is 12.5 Å². The molecule has 4 N–H and O–H groups in total. The molecule has 1 rings (SSSR count). The first-order valence-corrected chi connectivity index (χ1v) is 4.44. The number of nitrogens with two attached hydrogens (primary N) is 2. The van der Waals surface area contributed by atoms with Gasteiger partial charge in [-0.25, -0.2) is 4.39 Å². The molecule has 1 aromatic carbocycles. The highest BCUT2D eigenvalue weighted by atomic mass is 19.1. The maximum absolute atomic E-state index is 13.5. The van der Waals surface area contributed by atoms with Gasteiger partial charge in [0.1, 0.15) is 0 Å². The van der Waals surface area contributed by atoms with Crippen LogP contribution in [-0.2, 0) is 4.79 Å². The molecule has 0 spiro atoms. The predicted octanol–water partition coefficient (Wildman–Crippen LogP) is 1.28. The lowest BCUT2D eigenvalue weighted by Gasteiger charge is -2.19. The van der Waals surface area contributed by atoms with Gasteiger partial charge in [0.15, 0.2) is 5.82 Å². The van der Waals surface area contributed by atoms with Crippen LogP contribution in [0.2, 0.25) is 0 Å². The molecule has 0 saturated heterocycles. The summed E-state index contributed by atoms with van der Waals surface area (Å²) >= 11 is 0. The molecule has 0 radical (unpaired) electrons. The Hall–Kier alpha value is -1.78. The molecule has 82 valence electrons. The van der Waals surface area contributed by atoms with E-state index < -0.39 is 5.82 Å². The van der Waals surface area contributed by atoms with Gasteiger partial charge < -0.3 is 16.4 Å². The third-order valence-corrected chi connectivity index (χ3v) is 2.39. The number of nitrogens with zero attached hydrogens (tertiary/aromatic N) is 1. The fourth-order valence-electron chi connectivity index (χ4n) is 1.29. The Kier molecular flexibility index (Phi) is 2.83. The molecular weight excluding hydrogens is 197 g/mol. The second-order valence-corrected chi connectivity index (χ2v) is 3.42. The number of anilines is 3. The Bertz CT molecular complexity index is 418. The van der Waals surface area contributed by atoms with Crippen molar-refractivity contribution in [1.82, 2.24) is 0 Å². The molecule has 4 nitrogen and oxygen atoms in total. The fraction of sp³-hybridized carbons (Fsp3) is 0.300. The lowest BCUT2D eigenvalue weighted by atomic mass is 10.1. The van der Waals surface area contributed by atoms with Gasteiger partial charge in [0.25, 0.3) is 0 Å². The molecule has 1 aromatic rings. The van der Waals surface area contributed by atoms with Crippen LogP contribution in [0.3, 0.4) is 0 Å². The third kappa shape index (κ3) is 1.86. The molecule has 0 aliphatic carbocycles. The number of nitrogen functional groups attached to an aromatic ring is 2. The maximum atomic E-state index is 13.5. The highest BCUT2D eigenvalue weighted by Crippen LogP contribution is 2.30. The highest BCUT2D eigenvalue weighted by Gasteiger charge is 2.16. The normalized spacial score (nSPS) is 10.1. The van der Waals surface area contributed by atoms with Gasteiger partial charge in [-0.15, -0.1) is 0 Å². The molecule has 15 heavy (non-hydrogen) atoms. The second kappa shape index (κ2) is 3.76. The Morgan fingerprint density at radius 3 is 2.47 bits per heavy atom. The molecule has 0 unspecified atom stereocenters. The second-order valence-electron chi connectivity index (χ2n) is 3.42. The van der Waals surface area contributed by atoms with Crippen LogP contribution in [0.4, 0.5) is 21.5 Å². The van der Waals surface area contributed by atoms with Gasteiger partial charge in [-0.1, -0.05) is 0 Å². The summed E-state index contributed by atoms with van der Waals surface area (Å²) in [5.41, 5.74) is 11.8. The molecule has 0 aliphatic heterocycles. The van der Waals surface area contributed by atoms with Crippen LogP contribution in [0.25, 0.3) is 0 Å². The quantitative estimate of drug-likeness (QED) is 0.687. The van der Waals surface area contributed by atoms with E-state index in [2.05, 4.69) is 0 Å². The summed E-state index contributed by atoms with van der Waals surface area (Å²) in [6, 6.07) is 1.50. The molecule has 0 aromatic heterocycles. The van der Waals surface area contributed by atoms with E-state index in [4.69, 9.17) is 11.5 Å². The SMILES string of the molecule is CC(=O)N(C)c1cc(N)c(N)c(F)c1C. The van der Waals surface area contributed by atoms with Crippen molar-refractivity contribution < 1.29 is 9.18 Å². The van der Waals surface area contributed by atoms with Crippen LogP contribution in [0.5, 0.6) is 0 Å². The minimum Gasteiger partial charge on any atom is -0.397 e. The van der Waals surface area contributed by atoms with Crippen molar-refractivity contribution in [3.8, 4) is 0 Å². The Labute approximate surface area is 87.7 Å². The van der Waals surface area contributed by atoms with Gasteiger partial charge in [-0.3, -0.25) is 4.79 Å². The average Bonchev–Trinajstić information content (AvgIpc) is 2.19. The zero-order valence-electron chi connectivity index (χ0n) is 8.97. The number of rotatable bonds is 1. The summed E-state index contributed by atoms with van der Waals surface area (Å²) < 4.78 is 13.5. The van der Waals surface area contributed by atoms with E-state index in [-0.39, 0.29) is 17.3 Å². The van der Waals surface area contributed by atoms with Crippen molar-refractivity contribution in [1.29, 1.82) is 0 Å². The van der Waals surface area contributed by atoms with Crippen LogP contribution in [0.15, 0.2) is 6.07 Å². The van der Waals surface area contributed by atoms with Crippen LogP contribution in [0, 0.1) is 12.7 Å². The van der Waals surface area contributed by atoms with Crippen molar-refractivity contribution in [2.75, 3.05) is 23.4 Å². The standard InChI is InChI=1S/C10H14FN3O/c1-5-8(14(3)6(2)15)4-7(12)10(13)9(5)11/h4H,12-13H2,1-3H3. The summed E-state index contributed by atoms with van der Waals surface area (Å²) in [6.07, 6.45) is 0. The summed E-state index contributed by atoms with van der Waals surface area (Å²) in [4.78, 5) is 12.5. The van der Waals surface area contributed by atoms with Crippen molar-refractivity contribution in [3.63, 3.8) is 0 Å². The third-order valence-electron chi connectivity index (χ3n) is 2.39. The Morgan fingerprint density at radius 2 is 2.00 bits per heavy atom. The molecule has 0 saturated carbocycles. The van der Waals surface area contributed by atoms with E-state index in [1.54, 1.807) is 14.0 Å². The summed E-state index contributed by atoms with van der Waals surface area (Å²) in [5, 5.41) is 0. The van der Waals surface area contributed by atoms with E-state index in [1.165, 1.54) is 17.9 Å². The fourth-order valence-corrected chi connectivity index (χ4v) is 1.29. The molecular formula is C10H14FN3O. The molecule has 0 heterocycles. The van der Waals surface area contributed by atoms with Gasteiger partial charge in [0.05, 0.1) is 17.1 Å². The van der Waals surface area contributed by atoms with Gasteiger partial charge in [0, 0.05) is 19.5 Å². The van der Waals surface area contributed by atoms with Crippen LogP contribution < -0.4 is 16.4 Å². The number of hydrogen-bond acceptors (Lipinski definition) is 3. The molecule has 5 heteroatoms. The lowest BCUT2D eigenvalue weighted by molar-refractivity contribution is -0.116. The number of carbonyl (C=O) groups excluding carboxylic acids is 1. The maximum Gasteiger partial charge on any atom is 0.223 e. The first-order valence-electron chi connectivity index (χ1n) is 4.44. The van der Waals surface area contributed by atoms with E-state index in [9.17, 15) is 9.18 Å². The molecule has 1 amide bonds. The summed E-state index contributed by atoms with van der Waals surface area (Å²) in [5.74, 6) is -0.764. The van der Waals surface area contributed by atoms with Gasteiger partial charge in [0.2, 0.25) is 5.91 Å². The molecule has 0 aliphatic rings. The zero-order chi connectivity index (χ0) is 11.7. The summed E-state index contributed by atoms with van der Waals surface area (Å²) in [7, 11) is 1.56. The van der Waals surface area contributed by atoms with Crippen molar-refractivity contribution in [2.45, 2.75) is 13.8 Å². The van der Waals surface area contributed by atoms with E-state index in [0.717, 1.165) is 0 Å². The van der Waals surface area contributed by atoms with Crippen LogP contribution in [-0.4, -0.2) is 13.0 Å². The smallest absolute Gasteiger partial charge is 0.223 e. The van der Waals surface area contributed by atoms with Gasteiger partial charge >= 0.3 is 0 Å². The van der Waals surface area contributed by atoms with E-state index in [1.807, 2.05) is 0 Å². The number of carbonyl (C=O) groups is 1. The average molecular weight is 211 g/mol. The number of benzene rings is 1. The van der Waals surface area contributed by atoms with Crippen molar-refractivity contribution in [3.05, 3.63) is 17.4 Å². The summed E-state index contributed by atoms with van der Waals surface area (Å²) in [6.45, 7) is 2.95. The van der Waals surface area contributed by atoms with Crippen molar-refractivity contribution >= 4 is 23.0 Å². The molecule has 0 bridgehead atoms. The van der Waals surface area contributed by atoms with Crippen molar-refractivity contribution in [2.24, 2.45) is 0 Å². The minimum absolute atomic E-state index is 0.0757. The minimum atomic E-state index is -0.571. The lowest BCUT2D eigenvalue weighted by Crippen LogP contribution is -2.24. The zero-order valence-corrected chi connectivity index (χ0v) is 8.97. The van der Waals surface area contributed by atoms with E-state index in [0.29, 0.717) is 11.3 Å². The van der Waals surface area contributed by atoms with Crippen LogP contribution >= 0.6 is 0 Å². The number of hydrogen-bond donors (Lipinski definition) is 2. The molecule has 0 fully saturated rings. The first kappa shape index (κ1) is 11.3. The predicted molar refractivity (Wildman–Crippen MR) is 59.0 cm³/mol. The van der Waals surface area contributed by atoms with Gasteiger partial charge in [-0.05, 0) is 13.0 Å². The number of amides is 1. The first-order chi connectivity index (χ1) is 6.86. The monoisotopic (exact) mass is 211 g/mol. The molecule has 0 atom stereocenters. The number of halogens is 1. The highest BCUT2D eigenvalue weighted by molar-refractivity contribution is 5.93.